The van der Waals surface area contributed by atoms with Gasteiger partial charge >= 0.3 is 5.97 Å². The quantitative estimate of drug-likeness (QED) is 0.357. The fraction of sp³-hybridized carbons (Fsp3) is 0.593. The van der Waals surface area contributed by atoms with Crippen molar-refractivity contribution >= 4 is 11.7 Å². The first-order valence-electron chi connectivity index (χ1n) is 12.1. The number of esters is 1. The summed E-state index contributed by atoms with van der Waals surface area (Å²) in [7, 11) is 0. The molecule has 8 heteroatoms. The topological polar surface area (TPSA) is 64.5 Å². The zero-order valence-electron chi connectivity index (χ0n) is 22.0. The Morgan fingerprint density at radius 2 is 1.74 bits per heavy atom. The molecule has 1 atom stereocenters. The molecule has 35 heavy (non-hydrogen) atoms. The van der Waals surface area contributed by atoms with Gasteiger partial charge in [0.25, 0.3) is 0 Å². The van der Waals surface area contributed by atoms with E-state index >= 15 is 0 Å². The van der Waals surface area contributed by atoms with Gasteiger partial charge in [0, 0.05) is 47.9 Å². The van der Waals surface area contributed by atoms with Crippen LogP contribution in [-0.4, -0.2) is 40.7 Å². The van der Waals surface area contributed by atoms with Gasteiger partial charge < -0.3 is 14.4 Å². The van der Waals surface area contributed by atoms with Crippen molar-refractivity contribution in [2.24, 2.45) is 5.41 Å². The van der Waals surface area contributed by atoms with Crippen molar-refractivity contribution in [1.29, 1.82) is 0 Å². The van der Waals surface area contributed by atoms with Crippen LogP contribution in [0.3, 0.4) is 0 Å². The first-order valence-corrected chi connectivity index (χ1v) is 12.1. The molecule has 3 rings (SSSR count). The molecule has 1 fully saturated rings. The van der Waals surface area contributed by atoms with E-state index in [1.54, 1.807) is 20.0 Å². The van der Waals surface area contributed by atoms with E-state index in [0.717, 1.165) is 37.7 Å². The van der Waals surface area contributed by atoms with Crippen molar-refractivity contribution in [1.82, 2.24) is 9.97 Å². The summed E-state index contributed by atoms with van der Waals surface area (Å²) in [5.41, 5.74) is 2.37. The van der Waals surface area contributed by atoms with E-state index in [4.69, 9.17) is 9.47 Å². The van der Waals surface area contributed by atoms with Crippen LogP contribution in [0.4, 0.5) is 14.5 Å². The Hall–Kier alpha value is -2.61. The van der Waals surface area contributed by atoms with Crippen LogP contribution in [-0.2, 0) is 14.3 Å². The minimum Gasteiger partial charge on any atom is -0.461 e. The second kappa shape index (κ2) is 10.2. The molecule has 0 unspecified atom stereocenters. The van der Waals surface area contributed by atoms with Gasteiger partial charge in [0.1, 0.15) is 0 Å². The van der Waals surface area contributed by atoms with Crippen molar-refractivity contribution in [3.63, 3.8) is 0 Å². The average molecular weight is 490 g/mol. The zero-order chi connectivity index (χ0) is 26.1. The molecule has 3 heterocycles. The molecular weight excluding hydrogens is 452 g/mol. The maximum absolute atomic E-state index is 14.2. The van der Waals surface area contributed by atoms with Crippen molar-refractivity contribution in [2.45, 2.75) is 86.0 Å². The van der Waals surface area contributed by atoms with Crippen molar-refractivity contribution in [3.8, 4) is 11.1 Å². The van der Waals surface area contributed by atoms with E-state index in [1.807, 2.05) is 27.7 Å². The lowest BCUT2D eigenvalue weighted by atomic mass is 9.82. The van der Waals surface area contributed by atoms with Crippen LogP contribution in [0.25, 0.3) is 11.1 Å². The predicted octanol–water partition coefficient (Wildman–Crippen LogP) is 6.16. The van der Waals surface area contributed by atoms with E-state index in [9.17, 15) is 13.6 Å². The molecule has 2 aromatic heterocycles. The number of rotatable bonds is 6. The first-order chi connectivity index (χ1) is 16.2. The first kappa shape index (κ1) is 27.0. The summed E-state index contributed by atoms with van der Waals surface area (Å²) in [6, 6.07) is 1.11. The van der Waals surface area contributed by atoms with Gasteiger partial charge in [-0.2, -0.15) is 4.39 Å². The van der Waals surface area contributed by atoms with Gasteiger partial charge in [-0.15, -0.1) is 0 Å². The molecule has 1 aliphatic rings. The third kappa shape index (κ3) is 6.54. The van der Waals surface area contributed by atoms with Crippen molar-refractivity contribution in [3.05, 3.63) is 41.5 Å². The third-order valence-corrected chi connectivity index (χ3v) is 6.13. The van der Waals surface area contributed by atoms with Gasteiger partial charge in [0.15, 0.2) is 11.9 Å². The maximum atomic E-state index is 14.2. The third-order valence-electron chi connectivity index (χ3n) is 6.13. The van der Waals surface area contributed by atoms with E-state index in [-0.39, 0.29) is 11.5 Å². The second-order valence-electron chi connectivity index (χ2n) is 11.3. The fourth-order valence-electron chi connectivity index (χ4n) is 4.25. The number of hydrogen-bond acceptors (Lipinski definition) is 6. The van der Waals surface area contributed by atoms with Crippen LogP contribution in [0.5, 0.6) is 0 Å². The smallest absolute Gasteiger partial charge is 0.340 e. The molecule has 0 amide bonds. The monoisotopic (exact) mass is 489 g/mol. The summed E-state index contributed by atoms with van der Waals surface area (Å²) < 4.78 is 39.7. The van der Waals surface area contributed by atoms with E-state index in [1.165, 1.54) is 6.20 Å². The number of nitrogens with zero attached hydrogens (tertiary/aromatic N) is 3. The molecule has 2 aromatic rings. The molecule has 0 saturated carbocycles. The van der Waals surface area contributed by atoms with Gasteiger partial charge in [0.2, 0.25) is 5.95 Å². The molecule has 0 aliphatic carbocycles. The molecule has 0 aromatic carbocycles. The zero-order valence-corrected chi connectivity index (χ0v) is 22.0. The molecule has 192 valence electrons. The summed E-state index contributed by atoms with van der Waals surface area (Å²) in [5, 5.41) is 0. The van der Waals surface area contributed by atoms with E-state index in [0.29, 0.717) is 22.4 Å². The SMILES string of the molecule is Cc1ncc(-c2cnc(F)c(F)c2)c(N2CCC(C)(C)CC2)c1[C@H](OC(C)(C)C)C(=O)OC(C)C. The number of aryl methyl sites for hydroxylation is 1. The highest BCUT2D eigenvalue weighted by Gasteiger charge is 2.37. The fourth-order valence-corrected chi connectivity index (χ4v) is 4.25. The molecule has 0 N–H and O–H groups in total. The summed E-state index contributed by atoms with van der Waals surface area (Å²) >= 11 is 0. The van der Waals surface area contributed by atoms with Crippen LogP contribution < -0.4 is 4.90 Å². The van der Waals surface area contributed by atoms with E-state index in [2.05, 4.69) is 28.7 Å². The molecule has 1 saturated heterocycles. The summed E-state index contributed by atoms with van der Waals surface area (Å²) in [4.78, 5) is 23.7. The minimum atomic E-state index is -1.16. The van der Waals surface area contributed by atoms with Gasteiger partial charge in [0.05, 0.1) is 17.4 Å². The Morgan fingerprint density at radius 1 is 1.11 bits per heavy atom. The molecule has 0 radical (unpaired) electrons. The molecule has 0 spiro atoms. The van der Waals surface area contributed by atoms with Gasteiger partial charge in [-0.05, 0) is 65.9 Å². The van der Waals surface area contributed by atoms with Crippen LogP contribution >= 0.6 is 0 Å². The number of anilines is 1. The van der Waals surface area contributed by atoms with Crippen molar-refractivity contribution < 1.29 is 23.0 Å². The van der Waals surface area contributed by atoms with Gasteiger partial charge in [-0.25, -0.2) is 14.2 Å². The number of pyridine rings is 2. The van der Waals surface area contributed by atoms with Crippen LogP contribution in [0.1, 0.15) is 78.7 Å². The van der Waals surface area contributed by atoms with Gasteiger partial charge in [-0.3, -0.25) is 4.98 Å². The Bertz CT molecular complexity index is 1070. The van der Waals surface area contributed by atoms with Crippen LogP contribution in [0, 0.1) is 24.1 Å². The molecule has 0 bridgehead atoms. The lowest BCUT2D eigenvalue weighted by Gasteiger charge is -2.41. The van der Waals surface area contributed by atoms with Gasteiger partial charge in [-0.1, -0.05) is 13.8 Å². The van der Waals surface area contributed by atoms with Crippen molar-refractivity contribution in [2.75, 3.05) is 18.0 Å². The highest BCUT2D eigenvalue weighted by molar-refractivity contribution is 5.87. The number of halogens is 2. The number of piperidine rings is 1. The Balaban J connectivity index is 2.26. The van der Waals surface area contributed by atoms with Crippen LogP contribution in [0.2, 0.25) is 0 Å². The summed E-state index contributed by atoms with van der Waals surface area (Å²) in [5.74, 6) is -2.72. The molecule has 6 nitrogen and oxygen atoms in total. The lowest BCUT2D eigenvalue weighted by molar-refractivity contribution is -0.171. The molecule has 1 aliphatic heterocycles. The summed E-state index contributed by atoms with van der Waals surface area (Å²) in [6.45, 7) is 16.9. The highest BCUT2D eigenvalue weighted by atomic mass is 19.2. The standard InChI is InChI=1S/C27H37F2N3O3/c1-16(2)34-25(33)23(35-26(4,5)6)21-17(3)30-15-19(18-13-20(28)24(29)31-14-18)22(21)32-11-9-27(7,8)10-12-32/h13-16,23H,9-12H2,1-8H3/t23-/m0/s1. The number of carbonyl (C=O) groups excluding carboxylic acids is 1. The number of carbonyl (C=O) groups is 1. The van der Waals surface area contributed by atoms with Crippen LogP contribution in [0.15, 0.2) is 18.5 Å². The number of hydrogen-bond donors (Lipinski definition) is 0. The highest BCUT2D eigenvalue weighted by Crippen LogP contribution is 2.43. The second-order valence-corrected chi connectivity index (χ2v) is 11.3. The maximum Gasteiger partial charge on any atom is 0.340 e. The Kier molecular flexibility index (Phi) is 7.84. The number of ether oxygens (including phenoxy) is 2. The summed E-state index contributed by atoms with van der Waals surface area (Å²) in [6.07, 6.45) is 3.41. The number of aromatic nitrogens is 2. The largest absolute Gasteiger partial charge is 0.461 e. The predicted molar refractivity (Wildman–Crippen MR) is 132 cm³/mol. The normalized spacial score (nSPS) is 16.9. The lowest BCUT2D eigenvalue weighted by Crippen LogP contribution is -2.39. The minimum absolute atomic E-state index is 0.181. The van der Waals surface area contributed by atoms with E-state index < -0.39 is 29.4 Å². The molecular formula is C27H37F2N3O3. The Morgan fingerprint density at radius 3 is 2.29 bits per heavy atom. The Labute approximate surface area is 207 Å². The average Bonchev–Trinajstić information content (AvgIpc) is 2.73.